The number of anilines is 1. The van der Waals surface area contributed by atoms with Crippen LogP contribution in [-0.4, -0.2) is 32.5 Å². The summed E-state index contributed by atoms with van der Waals surface area (Å²) in [5, 5.41) is 2.59. The predicted molar refractivity (Wildman–Crippen MR) is 102 cm³/mol. The van der Waals surface area contributed by atoms with Crippen molar-refractivity contribution in [1.82, 2.24) is 0 Å². The third kappa shape index (κ3) is 6.02. The molecule has 0 aliphatic heterocycles. The van der Waals surface area contributed by atoms with Gasteiger partial charge in [-0.25, -0.2) is 0 Å². The molecule has 0 bridgehead atoms. The van der Waals surface area contributed by atoms with E-state index in [2.05, 4.69) is 10.1 Å². The van der Waals surface area contributed by atoms with E-state index in [4.69, 9.17) is 9.47 Å². The van der Waals surface area contributed by atoms with E-state index in [1.165, 1.54) is 23.9 Å². The van der Waals surface area contributed by atoms with Gasteiger partial charge in [-0.2, -0.15) is 8.78 Å². The monoisotopic (exact) mass is 397 g/mol. The SMILES string of the molecule is COc1cc(C)c(CSCC(=O)Nc2ccccc2OC(F)F)cc1OC. The molecule has 2 aromatic rings. The van der Waals surface area contributed by atoms with E-state index in [-0.39, 0.29) is 23.1 Å². The van der Waals surface area contributed by atoms with Crippen LogP contribution in [0.3, 0.4) is 0 Å². The number of ether oxygens (including phenoxy) is 3. The first-order valence-corrected chi connectivity index (χ1v) is 9.23. The number of methoxy groups -OCH3 is 2. The van der Waals surface area contributed by atoms with Crippen LogP contribution in [-0.2, 0) is 10.5 Å². The molecule has 27 heavy (non-hydrogen) atoms. The first-order valence-electron chi connectivity index (χ1n) is 8.07. The maximum atomic E-state index is 12.4. The highest BCUT2D eigenvalue weighted by molar-refractivity contribution is 7.99. The van der Waals surface area contributed by atoms with Gasteiger partial charge >= 0.3 is 6.61 Å². The van der Waals surface area contributed by atoms with E-state index >= 15 is 0 Å². The van der Waals surface area contributed by atoms with Crippen LogP contribution in [0.15, 0.2) is 36.4 Å². The number of halogens is 2. The van der Waals surface area contributed by atoms with E-state index in [1.807, 2.05) is 19.1 Å². The zero-order valence-electron chi connectivity index (χ0n) is 15.3. The molecule has 1 N–H and O–H groups in total. The van der Waals surface area contributed by atoms with Crippen molar-refractivity contribution in [3.63, 3.8) is 0 Å². The number of para-hydroxylation sites is 2. The molecule has 0 heterocycles. The molecule has 0 saturated carbocycles. The minimum Gasteiger partial charge on any atom is -0.493 e. The fourth-order valence-electron chi connectivity index (χ4n) is 2.39. The quantitative estimate of drug-likeness (QED) is 0.676. The van der Waals surface area contributed by atoms with Crippen molar-refractivity contribution in [2.75, 3.05) is 25.3 Å². The smallest absolute Gasteiger partial charge is 0.387 e. The number of hydrogen-bond donors (Lipinski definition) is 1. The minimum absolute atomic E-state index is 0.0680. The second kappa shape index (κ2) is 10.0. The van der Waals surface area contributed by atoms with Gasteiger partial charge in [-0.1, -0.05) is 12.1 Å². The molecule has 0 atom stereocenters. The van der Waals surface area contributed by atoms with Crippen molar-refractivity contribution in [3.8, 4) is 17.2 Å². The number of carbonyl (C=O) groups excluding carboxylic acids is 1. The maximum absolute atomic E-state index is 12.4. The molecular weight excluding hydrogens is 376 g/mol. The fourth-order valence-corrected chi connectivity index (χ4v) is 3.28. The third-order valence-electron chi connectivity index (χ3n) is 3.71. The van der Waals surface area contributed by atoms with Gasteiger partial charge < -0.3 is 19.5 Å². The van der Waals surface area contributed by atoms with E-state index in [0.29, 0.717) is 17.3 Å². The van der Waals surface area contributed by atoms with Crippen molar-refractivity contribution in [2.24, 2.45) is 0 Å². The lowest BCUT2D eigenvalue weighted by molar-refractivity contribution is -0.113. The van der Waals surface area contributed by atoms with Gasteiger partial charge in [0.2, 0.25) is 5.91 Å². The molecule has 2 rings (SSSR count). The van der Waals surface area contributed by atoms with Gasteiger partial charge in [-0.05, 0) is 42.3 Å². The number of hydrogen-bond acceptors (Lipinski definition) is 5. The zero-order chi connectivity index (χ0) is 19.8. The number of carbonyl (C=O) groups is 1. The van der Waals surface area contributed by atoms with Gasteiger partial charge in [0.05, 0.1) is 25.7 Å². The number of nitrogens with one attached hydrogen (secondary N) is 1. The lowest BCUT2D eigenvalue weighted by Gasteiger charge is -2.13. The molecule has 0 spiro atoms. The Morgan fingerprint density at radius 3 is 2.44 bits per heavy atom. The summed E-state index contributed by atoms with van der Waals surface area (Å²) in [6.07, 6.45) is 0. The Labute approximate surface area is 161 Å². The molecule has 2 aromatic carbocycles. The number of benzene rings is 2. The second-order valence-corrected chi connectivity index (χ2v) is 6.53. The first-order chi connectivity index (χ1) is 12.9. The Morgan fingerprint density at radius 1 is 1.11 bits per heavy atom. The third-order valence-corrected chi connectivity index (χ3v) is 4.69. The summed E-state index contributed by atoms with van der Waals surface area (Å²) < 4.78 is 39.8. The Kier molecular flexibility index (Phi) is 7.72. The Bertz CT molecular complexity index is 786. The van der Waals surface area contributed by atoms with Crippen LogP contribution >= 0.6 is 11.8 Å². The maximum Gasteiger partial charge on any atom is 0.387 e. The van der Waals surface area contributed by atoms with Crippen molar-refractivity contribution in [3.05, 3.63) is 47.5 Å². The van der Waals surface area contributed by atoms with Crippen LogP contribution in [0.4, 0.5) is 14.5 Å². The number of thioether (sulfide) groups is 1. The van der Waals surface area contributed by atoms with Gasteiger partial charge in [0, 0.05) is 5.75 Å². The molecular formula is C19H21F2NO4S. The van der Waals surface area contributed by atoms with Gasteiger partial charge in [0.25, 0.3) is 0 Å². The van der Waals surface area contributed by atoms with Crippen LogP contribution < -0.4 is 19.5 Å². The molecule has 0 unspecified atom stereocenters. The number of alkyl halides is 2. The lowest BCUT2D eigenvalue weighted by atomic mass is 10.1. The normalized spacial score (nSPS) is 10.6. The zero-order valence-corrected chi connectivity index (χ0v) is 16.1. The molecule has 0 aromatic heterocycles. The van der Waals surface area contributed by atoms with Crippen molar-refractivity contribution >= 4 is 23.4 Å². The Hall–Kier alpha value is -2.48. The van der Waals surface area contributed by atoms with Crippen LogP contribution in [0.25, 0.3) is 0 Å². The summed E-state index contributed by atoms with van der Waals surface area (Å²) in [5.74, 6) is 1.66. The van der Waals surface area contributed by atoms with Gasteiger partial charge in [-0.15, -0.1) is 11.8 Å². The Balaban J connectivity index is 1.94. The van der Waals surface area contributed by atoms with Gasteiger partial charge in [-0.3, -0.25) is 4.79 Å². The highest BCUT2D eigenvalue weighted by Gasteiger charge is 2.13. The molecule has 5 nitrogen and oxygen atoms in total. The topological polar surface area (TPSA) is 56.8 Å². The lowest BCUT2D eigenvalue weighted by Crippen LogP contribution is -2.15. The van der Waals surface area contributed by atoms with E-state index in [9.17, 15) is 13.6 Å². The molecule has 0 aliphatic carbocycles. The summed E-state index contributed by atoms with van der Waals surface area (Å²) in [5.41, 5.74) is 2.26. The molecule has 0 fully saturated rings. The Morgan fingerprint density at radius 2 is 1.78 bits per heavy atom. The van der Waals surface area contributed by atoms with Crippen molar-refractivity contribution < 1.29 is 27.8 Å². The number of rotatable bonds is 9. The van der Waals surface area contributed by atoms with Crippen LogP contribution in [0.2, 0.25) is 0 Å². The average Bonchev–Trinajstić information content (AvgIpc) is 2.63. The molecule has 0 saturated heterocycles. The molecule has 8 heteroatoms. The largest absolute Gasteiger partial charge is 0.493 e. The first kappa shape index (κ1) is 20.8. The summed E-state index contributed by atoms with van der Waals surface area (Å²) in [6.45, 7) is -0.999. The number of aryl methyl sites for hydroxylation is 1. The van der Waals surface area contributed by atoms with E-state index in [0.717, 1.165) is 11.1 Å². The molecule has 0 aliphatic rings. The van der Waals surface area contributed by atoms with E-state index in [1.54, 1.807) is 26.4 Å². The average molecular weight is 397 g/mol. The molecule has 146 valence electrons. The predicted octanol–water partition coefficient (Wildman–Crippen LogP) is 4.49. The summed E-state index contributed by atoms with van der Waals surface area (Å²) >= 11 is 1.40. The van der Waals surface area contributed by atoms with Crippen LogP contribution in [0.1, 0.15) is 11.1 Å². The van der Waals surface area contributed by atoms with Crippen LogP contribution in [0.5, 0.6) is 17.2 Å². The molecule has 1 amide bonds. The van der Waals surface area contributed by atoms with Gasteiger partial charge in [0.1, 0.15) is 5.75 Å². The molecule has 0 radical (unpaired) electrons. The minimum atomic E-state index is -2.95. The fraction of sp³-hybridized carbons (Fsp3) is 0.316. The highest BCUT2D eigenvalue weighted by atomic mass is 32.2. The number of amides is 1. The van der Waals surface area contributed by atoms with Crippen LogP contribution in [0, 0.1) is 6.92 Å². The summed E-state index contributed by atoms with van der Waals surface area (Å²) in [7, 11) is 3.14. The summed E-state index contributed by atoms with van der Waals surface area (Å²) in [6, 6.07) is 9.84. The van der Waals surface area contributed by atoms with E-state index < -0.39 is 6.61 Å². The second-order valence-electron chi connectivity index (χ2n) is 5.55. The van der Waals surface area contributed by atoms with Crippen molar-refractivity contribution in [1.29, 1.82) is 0 Å². The summed E-state index contributed by atoms with van der Waals surface area (Å²) in [4.78, 5) is 12.1. The van der Waals surface area contributed by atoms with Gasteiger partial charge in [0.15, 0.2) is 11.5 Å². The standard InChI is InChI=1S/C19H21F2NO4S/c1-12-8-16(24-2)17(25-3)9-13(12)10-27-11-18(23)22-14-6-4-5-7-15(14)26-19(20)21/h4-9,19H,10-11H2,1-3H3,(H,22,23). The highest BCUT2D eigenvalue weighted by Crippen LogP contribution is 2.32. The van der Waals surface area contributed by atoms with Crippen molar-refractivity contribution in [2.45, 2.75) is 19.3 Å².